The molecule has 0 spiro atoms. The molecule has 0 amide bonds. The maximum Gasteiger partial charge on any atom is 0.0477 e. The first-order valence-electron chi connectivity index (χ1n) is 4.76. The number of hydrogen-bond acceptors (Lipinski definition) is 2. The van der Waals surface area contributed by atoms with E-state index in [1.165, 1.54) is 0 Å². The Morgan fingerprint density at radius 2 is 1.29 bits per heavy atom. The van der Waals surface area contributed by atoms with Gasteiger partial charge < -0.3 is 5.32 Å². The summed E-state index contributed by atoms with van der Waals surface area (Å²) < 4.78 is 0. The fourth-order valence-corrected chi connectivity index (χ4v) is 0.432. The van der Waals surface area contributed by atoms with Crippen LogP contribution >= 0.6 is 0 Å². The highest BCUT2D eigenvalue weighted by Crippen LogP contribution is 1.88. The molecule has 2 heteroatoms. The zero-order valence-corrected chi connectivity index (χ0v) is 9.81. The van der Waals surface area contributed by atoms with E-state index in [0.717, 1.165) is 12.6 Å². The molecule has 0 fully saturated rings. The Bertz CT molecular complexity index is 77.6. The van der Waals surface area contributed by atoms with Crippen molar-refractivity contribution in [3.8, 4) is 0 Å². The molecule has 0 aromatic heterocycles. The van der Waals surface area contributed by atoms with Gasteiger partial charge >= 0.3 is 0 Å². The zero-order valence-electron chi connectivity index (χ0n) is 9.81. The second-order valence-corrected chi connectivity index (χ2v) is 4.09. The van der Waals surface area contributed by atoms with Gasteiger partial charge in [0.1, 0.15) is 0 Å². The van der Waals surface area contributed by atoms with Crippen molar-refractivity contribution < 1.29 is 0 Å². The van der Waals surface area contributed by atoms with Crippen LogP contribution in [-0.4, -0.2) is 31.7 Å². The monoisotopic (exact) mass is 206 g/mol. The third-order valence-electron chi connectivity index (χ3n) is 1.29. The largest absolute Gasteiger partial charge is 0.307 e. The lowest BCUT2D eigenvalue weighted by molar-refractivity contribution is 0.260. The van der Waals surface area contributed by atoms with Crippen molar-refractivity contribution in [1.29, 1.82) is 0 Å². The minimum absolute atomic E-state index is 0. The second kappa shape index (κ2) is 15.4. The van der Waals surface area contributed by atoms with Gasteiger partial charge in [-0.2, -0.15) is 0 Å². The van der Waals surface area contributed by atoms with Crippen molar-refractivity contribution in [2.24, 2.45) is 5.92 Å². The minimum Gasteiger partial charge on any atom is -0.307 e. The Morgan fingerprint density at radius 3 is 1.36 bits per heavy atom. The van der Waals surface area contributed by atoms with E-state index < -0.39 is 0 Å². The van der Waals surface area contributed by atoms with Crippen molar-refractivity contribution >= 4 is 0 Å². The van der Waals surface area contributed by atoms with Crippen LogP contribution in [0.5, 0.6) is 0 Å². The van der Waals surface area contributed by atoms with E-state index in [1.807, 2.05) is 7.05 Å². The molecule has 1 N–H and O–H groups in total. The van der Waals surface area contributed by atoms with Crippen molar-refractivity contribution in [1.82, 2.24) is 10.2 Å². The summed E-state index contributed by atoms with van der Waals surface area (Å²) in [6.07, 6.45) is 0. The molecule has 0 radical (unpaired) electrons. The summed E-state index contributed by atoms with van der Waals surface area (Å²) in [4.78, 5) is 2.24. The molecule has 0 heterocycles. The SMILES string of the molecule is C.C.CC(C)C.CNCN(C)C(C)C. The molecule has 0 aliphatic heterocycles. The highest BCUT2D eigenvalue weighted by Gasteiger charge is 1.98. The smallest absolute Gasteiger partial charge is 0.0477 e. The van der Waals surface area contributed by atoms with Crippen LogP contribution in [0, 0.1) is 5.92 Å². The van der Waals surface area contributed by atoms with Crippen LogP contribution in [-0.2, 0) is 0 Å². The maximum atomic E-state index is 3.07. The summed E-state index contributed by atoms with van der Waals surface area (Å²) in [7, 11) is 4.06. The highest BCUT2D eigenvalue weighted by atomic mass is 15.2. The van der Waals surface area contributed by atoms with E-state index in [9.17, 15) is 0 Å². The van der Waals surface area contributed by atoms with Crippen molar-refractivity contribution in [3.05, 3.63) is 0 Å². The van der Waals surface area contributed by atoms with Gasteiger partial charge in [-0.1, -0.05) is 35.6 Å². The van der Waals surface area contributed by atoms with E-state index in [-0.39, 0.29) is 14.9 Å². The van der Waals surface area contributed by atoms with Gasteiger partial charge in [-0.3, -0.25) is 4.90 Å². The summed E-state index contributed by atoms with van der Waals surface area (Å²) in [5, 5.41) is 3.07. The summed E-state index contributed by atoms with van der Waals surface area (Å²) in [5.74, 6) is 0.833. The first-order chi connectivity index (χ1) is 5.41. The van der Waals surface area contributed by atoms with Crippen molar-refractivity contribution in [2.45, 2.75) is 55.5 Å². The van der Waals surface area contributed by atoms with Crippen LogP contribution in [0.15, 0.2) is 0 Å². The van der Waals surface area contributed by atoms with E-state index in [2.05, 4.69) is 51.9 Å². The Kier molecular flexibility index (Phi) is 26.0. The van der Waals surface area contributed by atoms with E-state index in [0.29, 0.717) is 6.04 Å². The third-order valence-corrected chi connectivity index (χ3v) is 1.29. The maximum absolute atomic E-state index is 3.07. The molecular formula is C12H34N2. The molecule has 0 bridgehead atoms. The normalized spacial score (nSPS) is 9.00. The van der Waals surface area contributed by atoms with Gasteiger partial charge in [0.15, 0.2) is 0 Å². The zero-order chi connectivity index (χ0) is 10.1. The number of rotatable bonds is 3. The fourth-order valence-electron chi connectivity index (χ4n) is 0.432. The first-order valence-corrected chi connectivity index (χ1v) is 4.76. The number of hydrogen-bond donors (Lipinski definition) is 1. The average molecular weight is 206 g/mol. The van der Waals surface area contributed by atoms with Gasteiger partial charge in [-0.25, -0.2) is 0 Å². The lowest BCUT2D eigenvalue weighted by atomic mass is 10.3. The molecule has 0 rings (SSSR count). The van der Waals surface area contributed by atoms with Gasteiger partial charge in [-0.05, 0) is 33.9 Å². The molecule has 0 aliphatic carbocycles. The van der Waals surface area contributed by atoms with Crippen LogP contribution < -0.4 is 5.32 Å². The third kappa shape index (κ3) is 29.7. The minimum atomic E-state index is 0. The van der Waals surface area contributed by atoms with Crippen LogP contribution in [0.3, 0.4) is 0 Å². The summed E-state index contributed by atoms with van der Waals surface area (Å²) in [6, 6.07) is 0.641. The molecular weight excluding hydrogens is 172 g/mol. The molecule has 2 nitrogen and oxygen atoms in total. The summed E-state index contributed by atoms with van der Waals surface area (Å²) in [6.45, 7) is 11.8. The standard InChI is InChI=1S/C6H16N2.C4H10.2CH4/c1-6(2)8(4)5-7-3;1-4(2)3;;/h6-7H,5H2,1-4H3;4H,1-3H3;2*1H4. The summed E-state index contributed by atoms with van der Waals surface area (Å²) >= 11 is 0. The molecule has 0 unspecified atom stereocenters. The van der Waals surface area contributed by atoms with Crippen molar-refractivity contribution in [2.75, 3.05) is 20.8 Å². The molecule has 0 aromatic carbocycles. The van der Waals surface area contributed by atoms with Crippen LogP contribution in [0.1, 0.15) is 49.5 Å². The van der Waals surface area contributed by atoms with Gasteiger partial charge in [0.2, 0.25) is 0 Å². The molecule has 92 valence electrons. The predicted octanol–water partition coefficient (Wildman–Crippen LogP) is 3.44. The number of nitrogens with zero attached hydrogens (tertiary/aromatic N) is 1. The van der Waals surface area contributed by atoms with Crippen LogP contribution in [0.25, 0.3) is 0 Å². The molecule has 0 saturated heterocycles. The average Bonchev–Trinajstić information content (AvgIpc) is 1.86. The fraction of sp³-hybridized carbons (Fsp3) is 1.00. The first kappa shape index (κ1) is 23.6. The van der Waals surface area contributed by atoms with Gasteiger partial charge in [0, 0.05) is 12.7 Å². The highest BCUT2D eigenvalue weighted by molar-refractivity contribution is 4.52. The predicted molar refractivity (Wildman–Crippen MR) is 70.8 cm³/mol. The van der Waals surface area contributed by atoms with E-state index >= 15 is 0 Å². The number of nitrogens with one attached hydrogen (secondary N) is 1. The molecule has 0 atom stereocenters. The quantitative estimate of drug-likeness (QED) is 0.712. The Balaban J connectivity index is -0.0000000733. The van der Waals surface area contributed by atoms with Crippen molar-refractivity contribution in [3.63, 3.8) is 0 Å². The molecule has 14 heavy (non-hydrogen) atoms. The molecule has 0 saturated carbocycles. The molecule has 0 aromatic rings. The van der Waals surface area contributed by atoms with Gasteiger partial charge in [-0.15, -0.1) is 0 Å². The topological polar surface area (TPSA) is 15.3 Å². The Morgan fingerprint density at radius 1 is 1.00 bits per heavy atom. The van der Waals surface area contributed by atoms with Gasteiger partial charge in [0.05, 0.1) is 0 Å². The van der Waals surface area contributed by atoms with Crippen LogP contribution in [0.4, 0.5) is 0 Å². The summed E-state index contributed by atoms with van der Waals surface area (Å²) in [5.41, 5.74) is 0. The van der Waals surface area contributed by atoms with Gasteiger partial charge in [0.25, 0.3) is 0 Å². The Labute approximate surface area is 93.1 Å². The Hall–Kier alpha value is -0.0800. The second-order valence-electron chi connectivity index (χ2n) is 4.09. The lowest BCUT2D eigenvalue weighted by Gasteiger charge is -2.19. The lowest BCUT2D eigenvalue weighted by Crippen LogP contribution is -2.33. The molecule has 0 aliphatic rings. The van der Waals surface area contributed by atoms with E-state index in [1.54, 1.807) is 0 Å². The van der Waals surface area contributed by atoms with E-state index in [4.69, 9.17) is 0 Å². The van der Waals surface area contributed by atoms with Crippen LogP contribution in [0.2, 0.25) is 0 Å².